The van der Waals surface area contributed by atoms with Crippen molar-refractivity contribution in [3.8, 4) is 5.75 Å². The van der Waals surface area contributed by atoms with E-state index in [9.17, 15) is 9.59 Å². The molecule has 0 unspecified atom stereocenters. The Kier molecular flexibility index (Phi) is 7.34. The fraction of sp³-hybridized carbons (Fsp3) is 0.125. The lowest BCUT2D eigenvalue weighted by atomic mass is 10.1. The highest BCUT2D eigenvalue weighted by Gasteiger charge is 2.15. The van der Waals surface area contributed by atoms with Crippen molar-refractivity contribution in [1.29, 1.82) is 0 Å². The number of aromatic nitrogens is 2. The summed E-state index contributed by atoms with van der Waals surface area (Å²) in [7, 11) is 1.34. The summed E-state index contributed by atoms with van der Waals surface area (Å²) >= 11 is 9.49. The van der Waals surface area contributed by atoms with Gasteiger partial charge in [0, 0.05) is 10.7 Å². The molecule has 1 amide bonds. The number of hydrogen-bond acceptors (Lipinski definition) is 6. The van der Waals surface area contributed by atoms with E-state index in [1.807, 2.05) is 18.2 Å². The van der Waals surface area contributed by atoms with E-state index < -0.39 is 11.9 Å². The number of hydrogen-bond donors (Lipinski definition) is 1. The molecule has 0 aliphatic rings. The quantitative estimate of drug-likeness (QED) is 0.292. The smallest absolute Gasteiger partial charge is 0.338 e. The Balaban J connectivity index is 1.36. The van der Waals surface area contributed by atoms with Gasteiger partial charge in [-0.3, -0.25) is 9.48 Å². The molecule has 0 atom stereocenters. The third-order valence-corrected chi connectivity index (χ3v) is 5.58. The molecule has 4 aromatic rings. The molecule has 10 heteroatoms. The predicted molar refractivity (Wildman–Crippen MR) is 129 cm³/mol. The number of amides is 1. The minimum Gasteiger partial charge on any atom is -0.484 e. The third-order valence-electron chi connectivity index (χ3n) is 4.80. The molecule has 8 nitrogen and oxygen atoms in total. The molecule has 2 aromatic carbocycles. The first-order valence-electron chi connectivity index (χ1n) is 10.1. The largest absolute Gasteiger partial charge is 0.484 e. The maximum atomic E-state index is 12.6. The maximum absolute atomic E-state index is 12.6. The number of carbonyl (C=O) groups is 2. The fourth-order valence-corrected chi connectivity index (χ4v) is 3.90. The van der Waals surface area contributed by atoms with Crippen molar-refractivity contribution in [1.82, 2.24) is 9.78 Å². The van der Waals surface area contributed by atoms with Crippen LogP contribution in [0.25, 0.3) is 0 Å². The minimum absolute atomic E-state index is 0.117. The number of ether oxygens (including phenoxy) is 2. The normalized spacial score (nSPS) is 10.7. The van der Waals surface area contributed by atoms with Crippen LogP contribution in [0.2, 0.25) is 5.02 Å². The molecule has 4 rings (SSSR count). The first-order valence-corrected chi connectivity index (χ1v) is 11.3. The summed E-state index contributed by atoms with van der Waals surface area (Å²) in [6.07, 6.45) is 3.18. The Labute approximate surface area is 208 Å². The van der Waals surface area contributed by atoms with E-state index in [2.05, 4.69) is 26.3 Å². The summed E-state index contributed by atoms with van der Waals surface area (Å²) in [5, 5.41) is 7.45. The van der Waals surface area contributed by atoms with Gasteiger partial charge in [-0.15, -0.1) is 0 Å². The van der Waals surface area contributed by atoms with Crippen molar-refractivity contribution >= 4 is 45.1 Å². The highest BCUT2D eigenvalue weighted by Crippen LogP contribution is 2.28. The van der Waals surface area contributed by atoms with Gasteiger partial charge in [-0.2, -0.15) is 5.10 Å². The van der Waals surface area contributed by atoms with Crippen LogP contribution in [-0.2, 0) is 17.9 Å². The average molecular weight is 545 g/mol. The molecular weight excluding hydrogens is 526 g/mol. The van der Waals surface area contributed by atoms with E-state index in [0.29, 0.717) is 34.3 Å². The zero-order valence-electron chi connectivity index (χ0n) is 18.0. The number of halogens is 2. The number of nitrogens with one attached hydrogen (secondary N) is 1. The highest BCUT2D eigenvalue weighted by molar-refractivity contribution is 9.10. The number of furan rings is 1. The lowest BCUT2D eigenvalue weighted by molar-refractivity contribution is 0.0599. The summed E-state index contributed by atoms with van der Waals surface area (Å²) in [5.41, 5.74) is 1.69. The zero-order valence-corrected chi connectivity index (χ0v) is 20.3. The van der Waals surface area contributed by atoms with Gasteiger partial charge in [-0.1, -0.05) is 45.7 Å². The summed E-state index contributed by atoms with van der Waals surface area (Å²) < 4.78 is 18.5. The minimum atomic E-state index is -0.428. The zero-order chi connectivity index (χ0) is 24.1. The number of benzene rings is 2. The van der Waals surface area contributed by atoms with Gasteiger partial charge in [0.15, 0.2) is 5.76 Å². The van der Waals surface area contributed by atoms with Gasteiger partial charge >= 0.3 is 5.97 Å². The Morgan fingerprint density at radius 2 is 2.00 bits per heavy atom. The van der Waals surface area contributed by atoms with Crippen LogP contribution in [0.15, 0.2) is 75.9 Å². The second kappa shape index (κ2) is 10.6. The molecule has 0 spiro atoms. The van der Waals surface area contributed by atoms with Gasteiger partial charge in [0.25, 0.3) is 5.91 Å². The Hall–Kier alpha value is -3.56. The SMILES string of the molecule is COC(=O)c1ccccc1Cn1cc(NC(=O)c2ccc(COc3ccc(Br)cc3Cl)o2)cn1. The van der Waals surface area contributed by atoms with Crippen molar-refractivity contribution in [3.63, 3.8) is 0 Å². The van der Waals surface area contributed by atoms with Gasteiger partial charge in [-0.05, 0) is 42.0 Å². The molecule has 34 heavy (non-hydrogen) atoms. The van der Waals surface area contributed by atoms with Crippen molar-refractivity contribution in [3.05, 3.63) is 99.1 Å². The average Bonchev–Trinajstić information content (AvgIpc) is 3.48. The monoisotopic (exact) mass is 543 g/mol. The van der Waals surface area contributed by atoms with Crippen LogP contribution in [0.5, 0.6) is 5.75 Å². The predicted octanol–water partition coefficient (Wildman–Crippen LogP) is 5.56. The molecule has 0 radical (unpaired) electrons. The van der Waals surface area contributed by atoms with E-state index in [1.165, 1.54) is 13.3 Å². The summed E-state index contributed by atoms with van der Waals surface area (Å²) in [5.74, 6) is 0.260. The molecule has 0 bridgehead atoms. The summed E-state index contributed by atoms with van der Waals surface area (Å²) in [6, 6.07) is 15.6. The van der Waals surface area contributed by atoms with Crippen molar-refractivity contribution in [2.24, 2.45) is 0 Å². The van der Waals surface area contributed by atoms with E-state index in [-0.39, 0.29) is 12.4 Å². The summed E-state index contributed by atoms with van der Waals surface area (Å²) in [4.78, 5) is 24.5. The van der Waals surface area contributed by atoms with Gasteiger partial charge in [0.05, 0.1) is 36.1 Å². The molecule has 0 fully saturated rings. The van der Waals surface area contributed by atoms with Crippen molar-refractivity contribution in [2.45, 2.75) is 13.2 Å². The molecule has 0 saturated carbocycles. The van der Waals surface area contributed by atoms with Gasteiger partial charge < -0.3 is 19.2 Å². The van der Waals surface area contributed by atoms with Crippen molar-refractivity contribution in [2.75, 3.05) is 12.4 Å². The van der Waals surface area contributed by atoms with Gasteiger partial charge in [-0.25, -0.2) is 4.79 Å². The molecule has 2 aromatic heterocycles. The Bertz CT molecular complexity index is 1330. The first kappa shape index (κ1) is 23.6. The standard InChI is InChI=1S/C24H19BrClN3O5/c1-32-24(31)19-5-3-2-4-15(19)12-29-13-17(11-27-29)28-23(30)22-9-7-18(34-22)14-33-21-8-6-16(25)10-20(21)26/h2-11,13H,12,14H2,1H3,(H,28,30). The van der Waals surface area contributed by atoms with E-state index in [4.69, 9.17) is 25.5 Å². The third kappa shape index (κ3) is 5.67. The van der Waals surface area contributed by atoms with E-state index in [0.717, 1.165) is 10.0 Å². The van der Waals surface area contributed by atoms with Crippen LogP contribution in [0.1, 0.15) is 32.2 Å². The summed E-state index contributed by atoms with van der Waals surface area (Å²) in [6.45, 7) is 0.453. The molecule has 0 aliphatic carbocycles. The number of carbonyl (C=O) groups excluding carboxylic acids is 2. The molecule has 0 saturated heterocycles. The van der Waals surface area contributed by atoms with Crippen LogP contribution in [-0.4, -0.2) is 28.8 Å². The molecule has 2 heterocycles. The second-order valence-electron chi connectivity index (χ2n) is 7.16. The lowest BCUT2D eigenvalue weighted by Gasteiger charge is -2.07. The molecule has 174 valence electrons. The van der Waals surface area contributed by atoms with Crippen LogP contribution in [0.4, 0.5) is 5.69 Å². The first-order chi connectivity index (χ1) is 16.4. The molecule has 0 aliphatic heterocycles. The number of esters is 1. The van der Waals surface area contributed by atoms with Crippen molar-refractivity contribution < 1.29 is 23.5 Å². The van der Waals surface area contributed by atoms with Crippen LogP contribution >= 0.6 is 27.5 Å². The molecule has 1 N–H and O–H groups in total. The number of rotatable bonds is 8. The fourth-order valence-electron chi connectivity index (χ4n) is 3.17. The van der Waals surface area contributed by atoms with Gasteiger partial charge in [0.2, 0.25) is 0 Å². The highest BCUT2D eigenvalue weighted by atomic mass is 79.9. The number of nitrogens with zero attached hydrogens (tertiary/aromatic N) is 2. The van der Waals surface area contributed by atoms with Crippen LogP contribution < -0.4 is 10.1 Å². The molecular formula is C24H19BrClN3O5. The number of anilines is 1. The van der Waals surface area contributed by atoms with E-state index >= 15 is 0 Å². The van der Waals surface area contributed by atoms with Crippen LogP contribution in [0.3, 0.4) is 0 Å². The Morgan fingerprint density at radius 3 is 2.79 bits per heavy atom. The van der Waals surface area contributed by atoms with Crippen LogP contribution in [0, 0.1) is 0 Å². The lowest BCUT2D eigenvalue weighted by Crippen LogP contribution is -2.11. The second-order valence-corrected chi connectivity index (χ2v) is 8.48. The van der Waals surface area contributed by atoms with E-state index in [1.54, 1.807) is 47.3 Å². The topological polar surface area (TPSA) is 95.6 Å². The van der Waals surface area contributed by atoms with Gasteiger partial charge in [0.1, 0.15) is 18.1 Å². The Morgan fingerprint density at radius 1 is 1.18 bits per heavy atom. The maximum Gasteiger partial charge on any atom is 0.338 e. The number of methoxy groups -OCH3 is 1.